The molecule has 8 heteroatoms. The summed E-state index contributed by atoms with van der Waals surface area (Å²) in [7, 11) is 0. The van der Waals surface area contributed by atoms with Crippen LogP contribution in [0.15, 0.2) is 84.1 Å². The molecule has 0 heterocycles. The van der Waals surface area contributed by atoms with Crippen LogP contribution in [-0.2, 0) is 19.1 Å². The molecule has 2 aromatic rings. The van der Waals surface area contributed by atoms with Crippen LogP contribution >= 0.6 is 0 Å². The lowest BCUT2D eigenvalue weighted by molar-refractivity contribution is -0.144. The second kappa shape index (κ2) is 22.6. The lowest BCUT2D eigenvalue weighted by Gasteiger charge is -2.16. The summed E-state index contributed by atoms with van der Waals surface area (Å²) in [5.41, 5.74) is 1.49. The van der Waals surface area contributed by atoms with Crippen LogP contribution in [0.25, 0.3) is 0 Å². The number of hydrogen-bond donors (Lipinski definition) is 0. The maximum absolute atomic E-state index is 11.5. The molecule has 0 saturated carbocycles. The fourth-order valence-corrected chi connectivity index (χ4v) is 4.61. The van der Waals surface area contributed by atoms with Crippen LogP contribution < -0.4 is 9.47 Å². The van der Waals surface area contributed by atoms with E-state index in [0.29, 0.717) is 13.2 Å². The zero-order valence-electron chi connectivity index (χ0n) is 26.6. The average molecular weight is 607 g/mol. The van der Waals surface area contributed by atoms with E-state index in [4.69, 9.17) is 18.9 Å². The second-order valence-corrected chi connectivity index (χ2v) is 10.7. The van der Waals surface area contributed by atoms with Gasteiger partial charge in [-0.05, 0) is 113 Å². The van der Waals surface area contributed by atoms with Gasteiger partial charge in [-0.15, -0.1) is 0 Å². The number of nitrogens with zero attached hydrogens (tertiary/aromatic N) is 2. The van der Waals surface area contributed by atoms with Crippen LogP contribution in [0, 0.1) is 0 Å². The Balaban J connectivity index is 1.62. The summed E-state index contributed by atoms with van der Waals surface area (Å²) < 4.78 is 22.5. The SMILES string of the molecule is C=CC(=O)OC(CCC)CCCCCOc1ccc(N=Nc2ccc(OCCCCCC(CCC)OC(=O)C=C)cc2)cc1. The van der Waals surface area contributed by atoms with Gasteiger partial charge in [0.2, 0.25) is 0 Å². The van der Waals surface area contributed by atoms with Crippen LogP contribution in [0.4, 0.5) is 11.4 Å². The number of carbonyl (C=O) groups excluding carboxylic acids is 2. The molecule has 0 bridgehead atoms. The summed E-state index contributed by atoms with van der Waals surface area (Å²) in [6.07, 6.45) is 13.7. The lowest BCUT2D eigenvalue weighted by Crippen LogP contribution is -2.16. The Morgan fingerprint density at radius 2 is 1.00 bits per heavy atom. The fourth-order valence-electron chi connectivity index (χ4n) is 4.61. The minimum atomic E-state index is -0.347. The summed E-state index contributed by atoms with van der Waals surface area (Å²) in [6, 6.07) is 15.1. The third-order valence-corrected chi connectivity index (χ3v) is 6.95. The van der Waals surface area contributed by atoms with Crippen molar-refractivity contribution >= 4 is 23.3 Å². The van der Waals surface area contributed by atoms with Crippen molar-refractivity contribution in [1.82, 2.24) is 0 Å². The zero-order chi connectivity index (χ0) is 31.8. The second-order valence-electron chi connectivity index (χ2n) is 10.7. The van der Waals surface area contributed by atoms with Crippen LogP contribution in [0.2, 0.25) is 0 Å². The number of benzene rings is 2. The molecule has 0 aliphatic rings. The van der Waals surface area contributed by atoms with Gasteiger partial charge in [-0.25, -0.2) is 9.59 Å². The van der Waals surface area contributed by atoms with Gasteiger partial charge >= 0.3 is 11.9 Å². The normalized spacial score (nSPS) is 12.3. The average Bonchev–Trinajstić information content (AvgIpc) is 3.04. The van der Waals surface area contributed by atoms with Gasteiger partial charge in [0.25, 0.3) is 0 Å². The standard InChI is InChI=1S/C36H50N2O6/c1-5-15-33(43-35(39)7-3)17-11-9-13-27-41-31-23-19-29(20-24-31)37-38-30-21-25-32(26-22-30)42-28-14-10-12-18-34(16-6-2)44-36(40)8-4/h7-8,19-26,33-34H,3-6,9-18,27-28H2,1-2H3. The summed E-state index contributed by atoms with van der Waals surface area (Å²) in [4.78, 5) is 22.9. The van der Waals surface area contributed by atoms with Gasteiger partial charge in [0, 0.05) is 12.2 Å². The van der Waals surface area contributed by atoms with E-state index in [-0.39, 0.29) is 24.1 Å². The maximum atomic E-state index is 11.5. The van der Waals surface area contributed by atoms with E-state index < -0.39 is 0 Å². The lowest BCUT2D eigenvalue weighted by atomic mass is 10.1. The molecule has 0 aromatic heterocycles. The van der Waals surface area contributed by atoms with Gasteiger partial charge in [0.1, 0.15) is 23.7 Å². The smallest absolute Gasteiger partial charge is 0.330 e. The highest BCUT2D eigenvalue weighted by Gasteiger charge is 2.12. The van der Waals surface area contributed by atoms with E-state index in [2.05, 4.69) is 37.2 Å². The van der Waals surface area contributed by atoms with Crippen LogP contribution in [-0.4, -0.2) is 37.4 Å². The van der Waals surface area contributed by atoms with E-state index in [1.807, 2.05) is 48.5 Å². The molecular weight excluding hydrogens is 556 g/mol. The summed E-state index contributed by atoms with van der Waals surface area (Å²) >= 11 is 0. The first-order chi connectivity index (χ1) is 21.5. The molecule has 0 saturated heterocycles. The van der Waals surface area contributed by atoms with Crippen molar-refractivity contribution in [3.05, 3.63) is 73.8 Å². The Hall–Kier alpha value is -3.94. The molecule has 0 aliphatic carbocycles. The van der Waals surface area contributed by atoms with Gasteiger partial charge in [-0.3, -0.25) is 0 Å². The zero-order valence-corrected chi connectivity index (χ0v) is 26.6. The van der Waals surface area contributed by atoms with E-state index in [9.17, 15) is 9.59 Å². The Morgan fingerprint density at radius 1 is 0.614 bits per heavy atom. The summed E-state index contributed by atoms with van der Waals surface area (Å²) in [5.74, 6) is 0.901. The summed E-state index contributed by atoms with van der Waals surface area (Å²) in [6.45, 7) is 12.4. The van der Waals surface area contributed by atoms with Crippen LogP contribution in [0.5, 0.6) is 11.5 Å². The molecule has 0 fully saturated rings. The van der Waals surface area contributed by atoms with E-state index in [1.54, 1.807) is 0 Å². The third kappa shape index (κ3) is 16.1. The van der Waals surface area contributed by atoms with Crippen molar-refractivity contribution in [3.63, 3.8) is 0 Å². The van der Waals surface area contributed by atoms with Crippen molar-refractivity contribution in [2.24, 2.45) is 10.2 Å². The number of unbranched alkanes of at least 4 members (excludes halogenated alkanes) is 4. The highest BCUT2D eigenvalue weighted by atomic mass is 16.5. The minimum absolute atomic E-state index is 0.0338. The topological polar surface area (TPSA) is 95.8 Å². The number of rotatable bonds is 24. The highest BCUT2D eigenvalue weighted by molar-refractivity contribution is 5.81. The number of carbonyl (C=O) groups is 2. The van der Waals surface area contributed by atoms with Gasteiger partial charge in [0.05, 0.1) is 24.6 Å². The summed E-state index contributed by atoms with van der Waals surface area (Å²) in [5, 5.41) is 8.65. The number of esters is 2. The molecule has 2 rings (SSSR count). The third-order valence-electron chi connectivity index (χ3n) is 6.95. The van der Waals surface area contributed by atoms with E-state index in [1.165, 1.54) is 12.2 Å². The van der Waals surface area contributed by atoms with Gasteiger partial charge in [0.15, 0.2) is 0 Å². The van der Waals surface area contributed by atoms with Gasteiger partial charge in [-0.1, -0.05) is 39.8 Å². The molecule has 240 valence electrons. The first kappa shape index (κ1) is 36.3. The van der Waals surface area contributed by atoms with Crippen molar-refractivity contribution in [2.45, 2.75) is 103 Å². The van der Waals surface area contributed by atoms with E-state index >= 15 is 0 Å². The maximum Gasteiger partial charge on any atom is 0.330 e. The van der Waals surface area contributed by atoms with Gasteiger partial charge in [-0.2, -0.15) is 10.2 Å². The largest absolute Gasteiger partial charge is 0.494 e. The Bertz CT molecular complexity index is 1040. The molecule has 2 atom stereocenters. The number of ether oxygens (including phenoxy) is 4. The molecule has 2 unspecified atom stereocenters. The Kier molecular flexibility index (Phi) is 18.6. The van der Waals surface area contributed by atoms with Crippen LogP contribution in [0.1, 0.15) is 90.9 Å². The number of hydrogen-bond acceptors (Lipinski definition) is 8. The first-order valence-electron chi connectivity index (χ1n) is 16.0. The number of azo groups is 1. The minimum Gasteiger partial charge on any atom is -0.494 e. The molecule has 0 radical (unpaired) electrons. The molecule has 0 amide bonds. The predicted octanol–water partition coefficient (Wildman–Crippen LogP) is 9.78. The quantitative estimate of drug-likeness (QED) is 0.0511. The molecule has 0 spiro atoms. The first-order valence-corrected chi connectivity index (χ1v) is 16.0. The Labute approximate surface area is 263 Å². The van der Waals surface area contributed by atoms with E-state index in [0.717, 1.165) is 99.9 Å². The molecule has 0 N–H and O–H groups in total. The molecule has 8 nitrogen and oxygen atoms in total. The monoisotopic (exact) mass is 606 g/mol. The fraction of sp³-hybridized carbons (Fsp3) is 0.500. The van der Waals surface area contributed by atoms with Crippen molar-refractivity contribution in [1.29, 1.82) is 0 Å². The van der Waals surface area contributed by atoms with Crippen molar-refractivity contribution in [2.75, 3.05) is 13.2 Å². The Morgan fingerprint density at radius 3 is 1.34 bits per heavy atom. The molecule has 0 aliphatic heterocycles. The molecule has 44 heavy (non-hydrogen) atoms. The van der Waals surface area contributed by atoms with Crippen LogP contribution in [0.3, 0.4) is 0 Å². The highest BCUT2D eigenvalue weighted by Crippen LogP contribution is 2.24. The molecule has 2 aromatic carbocycles. The van der Waals surface area contributed by atoms with Crippen molar-refractivity contribution in [3.8, 4) is 11.5 Å². The predicted molar refractivity (Wildman–Crippen MR) is 175 cm³/mol. The van der Waals surface area contributed by atoms with Gasteiger partial charge < -0.3 is 18.9 Å². The van der Waals surface area contributed by atoms with Crippen molar-refractivity contribution < 1.29 is 28.5 Å². The molecular formula is C36H50N2O6.